The van der Waals surface area contributed by atoms with Crippen LogP contribution in [-0.2, 0) is 11.2 Å². The predicted molar refractivity (Wildman–Crippen MR) is 96.6 cm³/mol. The maximum absolute atomic E-state index is 12.3. The van der Waals surface area contributed by atoms with Gasteiger partial charge in [-0.25, -0.2) is 10.9 Å². The summed E-state index contributed by atoms with van der Waals surface area (Å²) < 4.78 is 0. The minimum absolute atomic E-state index is 0.0325. The van der Waals surface area contributed by atoms with Crippen LogP contribution in [0.2, 0.25) is 5.02 Å². The largest absolute Gasteiger partial charge is 0.355 e. The Hall–Kier alpha value is -1.88. The zero-order valence-corrected chi connectivity index (χ0v) is 14.2. The number of benzene rings is 2. The Morgan fingerprint density at radius 1 is 1.08 bits per heavy atom. The van der Waals surface area contributed by atoms with E-state index in [2.05, 4.69) is 28.3 Å². The Morgan fingerprint density at radius 2 is 1.83 bits per heavy atom. The first-order chi connectivity index (χ1) is 11.7. The smallest absolute Gasteiger partial charge is 0.238 e. The van der Waals surface area contributed by atoms with Gasteiger partial charge in [-0.15, -0.1) is 0 Å². The Labute approximate surface area is 147 Å². The summed E-state index contributed by atoms with van der Waals surface area (Å²) in [6.07, 6.45) is 2.60. The van der Waals surface area contributed by atoms with E-state index in [4.69, 9.17) is 11.6 Å². The summed E-state index contributed by atoms with van der Waals surface area (Å²) in [6, 6.07) is 17.9. The summed E-state index contributed by atoms with van der Waals surface area (Å²) in [7, 11) is 0. The molecule has 24 heavy (non-hydrogen) atoms. The van der Waals surface area contributed by atoms with Crippen molar-refractivity contribution < 1.29 is 4.79 Å². The molecule has 2 aromatic rings. The van der Waals surface area contributed by atoms with Gasteiger partial charge in [0.25, 0.3) is 0 Å². The molecule has 1 fully saturated rings. The number of halogens is 1. The first-order valence-electron chi connectivity index (χ1n) is 8.31. The van der Waals surface area contributed by atoms with Gasteiger partial charge in [0.1, 0.15) is 6.04 Å². The van der Waals surface area contributed by atoms with Gasteiger partial charge in [0.15, 0.2) is 0 Å². The average Bonchev–Trinajstić information content (AvgIpc) is 3.10. The first-order valence-corrected chi connectivity index (χ1v) is 8.69. The van der Waals surface area contributed by atoms with Gasteiger partial charge in [-0.3, -0.25) is 4.79 Å². The molecule has 1 heterocycles. The quantitative estimate of drug-likeness (QED) is 0.707. The van der Waals surface area contributed by atoms with Crippen LogP contribution in [0.4, 0.5) is 0 Å². The highest BCUT2D eigenvalue weighted by Crippen LogP contribution is 2.28. The van der Waals surface area contributed by atoms with E-state index in [1.807, 2.05) is 42.5 Å². The summed E-state index contributed by atoms with van der Waals surface area (Å²) in [5.74, 6) is 0.0325. The fourth-order valence-electron chi connectivity index (χ4n) is 2.96. The Balaban J connectivity index is 1.43. The van der Waals surface area contributed by atoms with E-state index in [0.717, 1.165) is 23.4 Å². The number of hydrogen-bond donors (Lipinski definition) is 3. The Morgan fingerprint density at radius 3 is 2.62 bits per heavy atom. The lowest BCUT2D eigenvalue weighted by atomic mass is 10.0. The van der Waals surface area contributed by atoms with Crippen LogP contribution < -0.4 is 16.2 Å². The minimum atomic E-state index is -0.233. The number of rotatable bonds is 6. The van der Waals surface area contributed by atoms with Crippen molar-refractivity contribution in [3.63, 3.8) is 0 Å². The molecule has 0 spiro atoms. The molecule has 1 amide bonds. The second-order valence-electron chi connectivity index (χ2n) is 6.03. The van der Waals surface area contributed by atoms with Crippen molar-refractivity contribution in [1.82, 2.24) is 16.2 Å². The van der Waals surface area contributed by atoms with Crippen molar-refractivity contribution in [2.75, 3.05) is 6.54 Å². The minimum Gasteiger partial charge on any atom is -0.355 e. The van der Waals surface area contributed by atoms with Gasteiger partial charge in [0.2, 0.25) is 5.91 Å². The van der Waals surface area contributed by atoms with E-state index in [9.17, 15) is 4.79 Å². The van der Waals surface area contributed by atoms with E-state index in [-0.39, 0.29) is 18.0 Å². The molecule has 0 aromatic heterocycles. The number of hydrazine groups is 1. The van der Waals surface area contributed by atoms with Crippen molar-refractivity contribution in [2.45, 2.75) is 31.3 Å². The Bertz CT molecular complexity index is 677. The Kier molecular flexibility index (Phi) is 5.86. The van der Waals surface area contributed by atoms with Crippen LogP contribution in [0.25, 0.3) is 0 Å². The molecular formula is C19H22ClN3O. The molecule has 0 saturated carbocycles. The number of aryl methyl sites for hydroxylation is 1. The lowest BCUT2D eigenvalue weighted by Gasteiger charge is -2.11. The molecule has 2 aromatic carbocycles. The van der Waals surface area contributed by atoms with Gasteiger partial charge >= 0.3 is 0 Å². The van der Waals surface area contributed by atoms with Crippen LogP contribution >= 0.6 is 11.6 Å². The van der Waals surface area contributed by atoms with Crippen LogP contribution in [0.3, 0.4) is 0 Å². The van der Waals surface area contributed by atoms with Crippen molar-refractivity contribution in [3.05, 3.63) is 70.7 Å². The highest BCUT2D eigenvalue weighted by Gasteiger charge is 2.30. The molecular weight excluding hydrogens is 322 g/mol. The number of carbonyl (C=O) groups is 1. The highest BCUT2D eigenvalue weighted by molar-refractivity contribution is 6.31. The summed E-state index contributed by atoms with van der Waals surface area (Å²) in [6.45, 7) is 0.683. The molecule has 0 radical (unpaired) electrons. The van der Waals surface area contributed by atoms with E-state index in [1.165, 1.54) is 5.56 Å². The van der Waals surface area contributed by atoms with Crippen molar-refractivity contribution >= 4 is 17.5 Å². The van der Waals surface area contributed by atoms with Crippen molar-refractivity contribution in [3.8, 4) is 0 Å². The number of amides is 1. The SMILES string of the molecule is O=C(NCCCc1ccccc1)C1CC(c2ccccc2Cl)NN1. The molecule has 5 heteroatoms. The topological polar surface area (TPSA) is 53.2 Å². The first kappa shape index (κ1) is 17.0. The third-order valence-electron chi connectivity index (χ3n) is 4.28. The maximum Gasteiger partial charge on any atom is 0.238 e. The highest BCUT2D eigenvalue weighted by atomic mass is 35.5. The molecule has 1 aliphatic rings. The second kappa shape index (κ2) is 8.29. The average molecular weight is 344 g/mol. The molecule has 3 N–H and O–H groups in total. The standard InChI is InChI=1S/C19H22ClN3O/c20-16-11-5-4-10-15(16)17-13-18(23-22-17)19(24)21-12-6-9-14-7-2-1-3-8-14/h1-5,7-8,10-11,17-18,22-23H,6,9,12-13H2,(H,21,24). The zero-order chi connectivity index (χ0) is 16.8. The summed E-state index contributed by atoms with van der Waals surface area (Å²) in [5.41, 5.74) is 8.55. The van der Waals surface area contributed by atoms with Gasteiger partial charge in [-0.2, -0.15) is 0 Å². The monoisotopic (exact) mass is 343 g/mol. The summed E-state index contributed by atoms with van der Waals surface area (Å²) >= 11 is 6.22. The van der Waals surface area contributed by atoms with Crippen molar-refractivity contribution in [2.24, 2.45) is 0 Å². The van der Waals surface area contributed by atoms with Gasteiger partial charge in [0, 0.05) is 17.6 Å². The number of hydrogen-bond acceptors (Lipinski definition) is 3. The fourth-order valence-corrected chi connectivity index (χ4v) is 3.23. The van der Waals surface area contributed by atoms with E-state index in [0.29, 0.717) is 13.0 Å². The van der Waals surface area contributed by atoms with E-state index in [1.54, 1.807) is 0 Å². The lowest BCUT2D eigenvalue weighted by Crippen LogP contribution is -2.43. The normalized spacial score (nSPS) is 20.0. The van der Waals surface area contributed by atoms with Gasteiger partial charge in [0.05, 0.1) is 0 Å². The maximum atomic E-state index is 12.3. The summed E-state index contributed by atoms with van der Waals surface area (Å²) in [4.78, 5) is 12.3. The fraction of sp³-hybridized carbons (Fsp3) is 0.316. The molecule has 2 unspecified atom stereocenters. The number of carbonyl (C=O) groups excluding carboxylic acids is 1. The molecule has 1 aliphatic heterocycles. The number of nitrogens with one attached hydrogen (secondary N) is 3. The zero-order valence-electron chi connectivity index (χ0n) is 13.5. The molecule has 2 atom stereocenters. The molecule has 0 aliphatic carbocycles. The van der Waals surface area contributed by atoms with Crippen molar-refractivity contribution in [1.29, 1.82) is 0 Å². The molecule has 1 saturated heterocycles. The van der Waals surface area contributed by atoms with Gasteiger partial charge < -0.3 is 5.32 Å². The van der Waals surface area contributed by atoms with E-state index >= 15 is 0 Å². The van der Waals surface area contributed by atoms with Crippen LogP contribution in [0, 0.1) is 0 Å². The second-order valence-corrected chi connectivity index (χ2v) is 6.44. The molecule has 4 nitrogen and oxygen atoms in total. The molecule has 3 rings (SSSR count). The van der Waals surface area contributed by atoms with Crippen LogP contribution in [-0.4, -0.2) is 18.5 Å². The van der Waals surface area contributed by atoms with Crippen LogP contribution in [0.15, 0.2) is 54.6 Å². The lowest BCUT2D eigenvalue weighted by molar-refractivity contribution is -0.122. The molecule has 0 bridgehead atoms. The predicted octanol–water partition coefficient (Wildman–Crippen LogP) is 3.00. The van der Waals surface area contributed by atoms with Crippen LogP contribution in [0.5, 0.6) is 0 Å². The van der Waals surface area contributed by atoms with Crippen LogP contribution in [0.1, 0.15) is 30.0 Å². The summed E-state index contributed by atoms with van der Waals surface area (Å²) in [5, 5.41) is 3.73. The molecule has 126 valence electrons. The van der Waals surface area contributed by atoms with Gasteiger partial charge in [-0.05, 0) is 36.5 Å². The third kappa shape index (κ3) is 4.35. The van der Waals surface area contributed by atoms with Gasteiger partial charge in [-0.1, -0.05) is 60.1 Å². The third-order valence-corrected chi connectivity index (χ3v) is 4.63. The van der Waals surface area contributed by atoms with E-state index < -0.39 is 0 Å².